The maximum absolute atomic E-state index is 13.6. The van der Waals surface area contributed by atoms with Crippen LogP contribution in [-0.2, 0) is 12.8 Å². The van der Waals surface area contributed by atoms with Crippen LogP contribution in [0.25, 0.3) is 22.2 Å². The van der Waals surface area contributed by atoms with E-state index in [0.717, 1.165) is 39.9 Å². The number of fused-ring (bicyclic) bond motifs is 1. The zero-order valence-corrected chi connectivity index (χ0v) is 22.7. The second-order valence-electron chi connectivity index (χ2n) is 8.94. The Kier molecular flexibility index (Phi) is 7.38. The van der Waals surface area contributed by atoms with Gasteiger partial charge >= 0.3 is 0 Å². The highest BCUT2D eigenvalue weighted by Gasteiger charge is 2.18. The molecule has 0 aliphatic heterocycles. The van der Waals surface area contributed by atoms with Crippen molar-refractivity contribution in [3.8, 4) is 17.0 Å². The number of benzene rings is 3. The van der Waals surface area contributed by atoms with Crippen LogP contribution in [0.4, 0.5) is 10.8 Å². The molecule has 38 heavy (non-hydrogen) atoms. The Balaban J connectivity index is 1.56. The topological polar surface area (TPSA) is 76.7 Å². The normalized spacial score (nSPS) is 11.6. The van der Waals surface area contributed by atoms with E-state index in [0.29, 0.717) is 27.7 Å². The fraction of sp³-hybridized carbons (Fsp3) is 0.194. The molecule has 0 saturated heterocycles. The molecule has 1 N–H and O–H groups in total. The molecule has 192 valence electrons. The van der Waals surface area contributed by atoms with Crippen molar-refractivity contribution in [3.05, 3.63) is 99.9 Å². The minimum absolute atomic E-state index is 0.200. The summed E-state index contributed by atoms with van der Waals surface area (Å²) < 4.78 is 11.7. The van der Waals surface area contributed by atoms with E-state index in [9.17, 15) is 4.79 Å². The number of amides is 1. The van der Waals surface area contributed by atoms with Gasteiger partial charge < -0.3 is 9.15 Å². The molecule has 0 radical (unpaired) electrons. The zero-order chi connectivity index (χ0) is 26.6. The quantitative estimate of drug-likeness (QED) is 0.240. The Morgan fingerprint density at radius 3 is 2.47 bits per heavy atom. The fourth-order valence-electron chi connectivity index (χ4n) is 4.20. The van der Waals surface area contributed by atoms with Crippen molar-refractivity contribution in [1.82, 2.24) is 4.98 Å². The van der Waals surface area contributed by atoms with E-state index < -0.39 is 0 Å². The zero-order valence-electron chi connectivity index (χ0n) is 21.9. The molecule has 6 nitrogen and oxygen atoms in total. The highest BCUT2D eigenvalue weighted by molar-refractivity contribution is 7.16. The Morgan fingerprint density at radius 1 is 1.03 bits per heavy atom. The average Bonchev–Trinajstić information content (AvgIpc) is 3.36. The van der Waals surface area contributed by atoms with Crippen LogP contribution < -0.4 is 15.6 Å². The molecule has 5 rings (SSSR count). The number of aromatic nitrogens is 1. The van der Waals surface area contributed by atoms with Crippen LogP contribution in [-0.4, -0.2) is 18.0 Å². The van der Waals surface area contributed by atoms with Crippen molar-refractivity contribution in [2.75, 3.05) is 12.4 Å². The number of carbonyl (C=O) groups excluding carboxylic acids is 1. The van der Waals surface area contributed by atoms with Gasteiger partial charge in [-0.1, -0.05) is 67.9 Å². The molecule has 0 atom stereocenters. The van der Waals surface area contributed by atoms with Crippen LogP contribution in [0.3, 0.4) is 0 Å². The molecule has 3 aromatic carbocycles. The molecule has 0 aliphatic rings. The average molecular weight is 524 g/mol. The van der Waals surface area contributed by atoms with Gasteiger partial charge in [0.2, 0.25) is 5.55 Å². The summed E-state index contributed by atoms with van der Waals surface area (Å²) in [6.07, 6.45) is 1.80. The van der Waals surface area contributed by atoms with Crippen LogP contribution >= 0.6 is 11.3 Å². The van der Waals surface area contributed by atoms with Crippen LogP contribution in [0.1, 0.15) is 40.2 Å². The summed E-state index contributed by atoms with van der Waals surface area (Å²) in [7, 11) is 1.59. The van der Waals surface area contributed by atoms with Gasteiger partial charge in [-0.2, -0.15) is 0 Å². The smallest absolute Gasteiger partial charge is 0.262 e. The van der Waals surface area contributed by atoms with Crippen LogP contribution in [0, 0.1) is 6.92 Å². The van der Waals surface area contributed by atoms with E-state index in [2.05, 4.69) is 48.4 Å². The lowest BCUT2D eigenvalue weighted by molar-refractivity contribution is 0.102. The number of thiazole rings is 1. The molecule has 1 amide bonds. The van der Waals surface area contributed by atoms with Crippen molar-refractivity contribution in [1.29, 1.82) is 0 Å². The first-order valence-electron chi connectivity index (χ1n) is 12.6. The molecule has 7 heteroatoms. The molecule has 0 saturated carbocycles. The van der Waals surface area contributed by atoms with E-state index in [-0.39, 0.29) is 11.5 Å². The minimum atomic E-state index is -0.339. The fourth-order valence-corrected chi connectivity index (χ4v) is 5.12. The van der Waals surface area contributed by atoms with Gasteiger partial charge in [0.15, 0.2) is 16.5 Å². The number of ether oxygens (including phenoxy) is 1. The third-order valence-corrected chi connectivity index (χ3v) is 7.46. The first-order valence-corrected chi connectivity index (χ1v) is 13.4. The number of hydrogen-bond donors (Lipinski definition) is 1. The first-order chi connectivity index (χ1) is 18.5. The Morgan fingerprint density at radius 2 is 1.79 bits per heavy atom. The minimum Gasteiger partial charge on any atom is -0.493 e. The Bertz CT molecular complexity index is 1670. The summed E-state index contributed by atoms with van der Waals surface area (Å²) >= 11 is 1.48. The van der Waals surface area contributed by atoms with Gasteiger partial charge in [-0.15, -0.1) is 11.3 Å². The summed E-state index contributed by atoms with van der Waals surface area (Å²) in [4.78, 5) is 24.2. The SMILES string of the molecule is CCc1ccc(-c2nc(NC(=O)c3cc4cccc(OC)c4oc3=Nc3ccc(C)cc3)sc2CC)cc1. The van der Waals surface area contributed by atoms with Crippen LogP contribution in [0.15, 0.2) is 82.2 Å². The summed E-state index contributed by atoms with van der Waals surface area (Å²) in [5.41, 5.74) is 6.05. The van der Waals surface area contributed by atoms with E-state index in [1.165, 1.54) is 16.9 Å². The lowest BCUT2D eigenvalue weighted by Crippen LogP contribution is -2.21. The monoisotopic (exact) mass is 523 g/mol. The number of rotatable bonds is 7. The van der Waals surface area contributed by atoms with Gasteiger partial charge in [0.05, 0.1) is 18.5 Å². The molecule has 0 fully saturated rings. The number of anilines is 1. The van der Waals surface area contributed by atoms with Gasteiger partial charge in [-0.3, -0.25) is 10.1 Å². The third-order valence-electron chi connectivity index (χ3n) is 6.34. The van der Waals surface area contributed by atoms with Crippen molar-refractivity contribution in [3.63, 3.8) is 0 Å². The van der Waals surface area contributed by atoms with E-state index in [1.807, 2.05) is 49.4 Å². The van der Waals surface area contributed by atoms with Gasteiger partial charge in [-0.25, -0.2) is 9.98 Å². The second-order valence-corrected chi connectivity index (χ2v) is 10.0. The maximum atomic E-state index is 13.6. The van der Waals surface area contributed by atoms with Crippen LogP contribution in [0.5, 0.6) is 5.75 Å². The number of methoxy groups -OCH3 is 1. The van der Waals surface area contributed by atoms with Crippen molar-refractivity contribution < 1.29 is 13.9 Å². The molecule has 2 aromatic heterocycles. The number of nitrogens with zero attached hydrogens (tertiary/aromatic N) is 2. The van der Waals surface area contributed by atoms with Gasteiger partial charge in [0.25, 0.3) is 5.91 Å². The first kappa shape index (κ1) is 25.4. The predicted octanol–water partition coefficient (Wildman–Crippen LogP) is 7.48. The number of hydrogen-bond acceptors (Lipinski definition) is 6. The van der Waals surface area contributed by atoms with E-state index >= 15 is 0 Å². The second kappa shape index (κ2) is 11.0. The summed E-state index contributed by atoms with van der Waals surface area (Å²) in [6, 6.07) is 23.5. The lowest BCUT2D eigenvalue weighted by Gasteiger charge is -2.08. The Labute approximate surface area is 225 Å². The highest BCUT2D eigenvalue weighted by Crippen LogP contribution is 2.32. The molecule has 0 spiro atoms. The van der Waals surface area contributed by atoms with Gasteiger partial charge in [0.1, 0.15) is 5.56 Å². The largest absolute Gasteiger partial charge is 0.493 e. The summed E-state index contributed by atoms with van der Waals surface area (Å²) in [6.45, 7) is 6.24. The standard InChI is InChI=1S/C31H29N3O3S/c1-5-20-12-14-21(15-13-20)27-26(6-2)38-31(33-27)34-29(35)24-18-22-8-7-9-25(36-4)28(22)37-30(24)32-23-16-10-19(3)11-17-23/h7-18H,5-6H2,1-4H3,(H,33,34,35). The predicted molar refractivity (Wildman–Crippen MR) is 153 cm³/mol. The number of carbonyl (C=O) groups is 1. The molecule has 0 unspecified atom stereocenters. The van der Waals surface area contributed by atoms with E-state index in [1.54, 1.807) is 13.2 Å². The van der Waals surface area contributed by atoms with Crippen molar-refractivity contribution >= 4 is 39.0 Å². The number of nitrogens with one attached hydrogen (secondary N) is 1. The molecular formula is C31H29N3O3S. The molecule has 5 aromatic rings. The lowest BCUT2D eigenvalue weighted by atomic mass is 10.1. The third kappa shape index (κ3) is 5.24. The Hall–Kier alpha value is -4.23. The number of para-hydroxylation sites is 1. The van der Waals surface area contributed by atoms with Crippen LogP contribution in [0.2, 0.25) is 0 Å². The van der Waals surface area contributed by atoms with E-state index in [4.69, 9.17) is 14.1 Å². The summed E-state index contributed by atoms with van der Waals surface area (Å²) in [5, 5.41) is 4.27. The van der Waals surface area contributed by atoms with Gasteiger partial charge in [-0.05, 0) is 49.6 Å². The van der Waals surface area contributed by atoms with Crippen molar-refractivity contribution in [2.24, 2.45) is 4.99 Å². The molecule has 2 heterocycles. The molecule has 0 aliphatic carbocycles. The van der Waals surface area contributed by atoms with Gasteiger partial charge in [0, 0.05) is 15.8 Å². The van der Waals surface area contributed by atoms with Crippen molar-refractivity contribution in [2.45, 2.75) is 33.6 Å². The number of aryl methyl sites for hydroxylation is 3. The maximum Gasteiger partial charge on any atom is 0.262 e. The molecular weight excluding hydrogens is 494 g/mol. The highest BCUT2D eigenvalue weighted by atomic mass is 32.1. The summed E-state index contributed by atoms with van der Waals surface area (Å²) in [5.74, 6) is 0.231. The molecule has 0 bridgehead atoms.